The molecule has 0 heterocycles. The third-order valence-corrected chi connectivity index (χ3v) is 3.51. The van der Waals surface area contributed by atoms with Crippen LogP contribution in [0.25, 0.3) is 0 Å². The molecule has 2 rings (SSSR count). The Labute approximate surface area is 123 Å². The van der Waals surface area contributed by atoms with Gasteiger partial charge in [0.1, 0.15) is 11.5 Å². The molecular formula is C16H18O5. The molecule has 2 N–H and O–H groups in total. The highest BCUT2D eigenvalue weighted by Gasteiger charge is 2.15. The van der Waals surface area contributed by atoms with E-state index in [9.17, 15) is 0 Å². The van der Waals surface area contributed by atoms with E-state index in [1.165, 1.54) is 0 Å². The van der Waals surface area contributed by atoms with Crippen LogP contribution in [0.15, 0.2) is 24.3 Å². The maximum absolute atomic E-state index is 8.95. The normalized spacial score (nSPS) is 10.4. The smallest absolute Gasteiger partial charge is 0.174 e. The van der Waals surface area contributed by atoms with E-state index >= 15 is 0 Å². The van der Waals surface area contributed by atoms with E-state index in [0.717, 1.165) is 11.1 Å². The number of benzene rings is 2. The molecular weight excluding hydrogens is 272 g/mol. The van der Waals surface area contributed by atoms with Crippen LogP contribution < -0.4 is 14.5 Å². The molecule has 0 aromatic heterocycles. The molecule has 0 unspecified atom stereocenters. The highest BCUT2D eigenvalue weighted by Crippen LogP contribution is 2.37. The molecule has 0 aliphatic rings. The van der Waals surface area contributed by atoms with E-state index in [1.54, 1.807) is 38.1 Å². The minimum absolute atomic E-state index is 0.371. The lowest BCUT2D eigenvalue weighted by molar-refractivity contribution is -0.138. The summed E-state index contributed by atoms with van der Waals surface area (Å²) < 4.78 is 5.85. The van der Waals surface area contributed by atoms with Gasteiger partial charge in [0, 0.05) is 11.1 Å². The fourth-order valence-electron chi connectivity index (χ4n) is 2.24. The van der Waals surface area contributed by atoms with Crippen molar-refractivity contribution in [1.29, 1.82) is 0 Å². The Hall–Kier alpha value is -2.24. The molecule has 0 radical (unpaired) electrons. The molecule has 5 nitrogen and oxygen atoms in total. The molecule has 2 aromatic rings. The highest BCUT2D eigenvalue weighted by atomic mass is 17.1. The first-order valence-electron chi connectivity index (χ1n) is 6.50. The quantitative estimate of drug-likeness (QED) is 0.644. The van der Waals surface area contributed by atoms with Crippen molar-refractivity contribution in [3.63, 3.8) is 0 Å². The van der Waals surface area contributed by atoms with Crippen molar-refractivity contribution in [3.05, 3.63) is 46.5 Å². The molecule has 0 aliphatic heterocycles. The van der Waals surface area contributed by atoms with Crippen LogP contribution in [0, 0.1) is 27.7 Å². The average Bonchev–Trinajstić information content (AvgIpc) is 2.45. The van der Waals surface area contributed by atoms with Crippen molar-refractivity contribution >= 4 is 0 Å². The zero-order chi connectivity index (χ0) is 15.6. The molecule has 0 spiro atoms. The first-order valence-corrected chi connectivity index (χ1v) is 6.50. The Bertz CT molecular complexity index is 607. The van der Waals surface area contributed by atoms with Crippen molar-refractivity contribution in [2.24, 2.45) is 0 Å². The topological polar surface area (TPSA) is 68.2 Å². The summed E-state index contributed by atoms with van der Waals surface area (Å²) in [6.07, 6.45) is 0. The van der Waals surface area contributed by atoms with Crippen LogP contribution in [-0.2, 0) is 0 Å². The van der Waals surface area contributed by atoms with Gasteiger partial charge in [-0.3, -0.25) is 0 Å². The average molecular weight is 290 g/mol. The molecule has 0 bridgehead atoms. The fraction of sp³-hybridized carbons (Fsp3) is 0.250. The van der Waals surface area contributed by atoms with Gasteiger partial charge in [-0.1, -0.05) is 12.1 Å². The third kappa shape index (κ3) is 2.79. The lowest BCUT2D eigenvalue weighted by Crippen LogP contribution is -1.98. The zero-order valence-corrected chi connectivity index (χ0v) is 12.4. The van der Waals surface area contributed by atoms with Gasteiger partial charge in [-0.05, 0) is 51.0 Å². The SMILES string of the molecule is Cc1ccc(Oc2ccc(C)c(OO)c2C)c(C)c1OO. The van der Waals surface area contributed by atoms with Gasteiger partial charge in [-0.15, -0.1) is 0 Å². The lowest BCUT2D eigenvalue weighted by Gasteiger charge is -2.15. The molecule has 0 saturated heterocycles. The first kappa shape index (κ1) is 15.2. The van der Waals surface area contributed by atoms with Crippen LogP contribution in [0.5, 0.6) is 23.0 Å². The van der Waals surface area contributed by atoms with Crippen molar-refractivity contribution in [2.75, 3.05) is 0 Å². The maximum atomic E-state index is 8.95. The number of ether oxygens (including phenoxy) is 1. The molecule has 5 heteroatoms. The second-order valence-electron chi connectivity index (χ2n) is 4.95. The molecule has 0 saturated carbocycles. The summed E-state index contributed by atoms with van der Waals surface area (Å²) in [5.41, 5.74) is 2.98. The molecule has 21 heavy (non-hydrogen) atoms. The number of aryl methyl sites for hydroxylation is 2. The van der Waals surface area contributed by atoms with Gasteiger partial charge in [-0.2, -0.15) is 0 Å². The summed E-state index contributed by atoms with van der Waals surface area (Å²) in [7, 11) is 0. The third-order valence-electron chi connectivity index (χ3n) is 3.51. The number of rotatable bonds is 4. The van der Waals surface area contributed by atoms with Crippen LogP contribution in [0.3, 0.4) is 0 Å². The van der Waals surface area contributed by atoms with E-state index in [4.69, 9.17) is 15.3 Å². The molecule has 0 amide bonds. The van der Waals surface area contributed by atoms with E-state index in [0.29, 0.717) is 34.1 Å². The predicted molar refractivity (Wildman–Crippen MR) is 78.4 cm³/mol. The van der Waals surface area contributed by atoms with Crippen LogP contribution in [0.4, 0.5) is 0 Å². The van der Waals surface area contributed by atoms with Gasteiger partial charge in [0.2, 0.25) is 0 Å². The Kier molecular flexibility index (Phi) is 4.35. The summed E-state index contributed by atoms with van der Waals surface area (Å²) in [4.78, 5) is 8.81. The summed E-state index contributed by atoms with van der Waals surface area (Å²) >= 11 is 0. The molecule has 2 aromatic carbocycles. The van der Waals surface area contributed by atoms with Crippen molar-refractivity contribution < 1.29 is 25.0 Å². The maximum Gasteiger partial charge on any atom is 0.174 e. The van der Waals surface area contributed by atoms with E-state index < -0.39 is 0 Å². The van der Waals surface area contributed by atoms with Crippen LogP contribution in [0.2, 0.25) is 0 Å². The predicted octanol–water partition coefficient (Wildman–Crippen LogP) is 4.42. The minimum atomic E-state index is 0.371. The van der Waals surface area contributed by atoms with Crippen LogP contribution in [-0.4, -0.2) is 10.5 Å². The summed E-state index contributed by atoms with van der Waals surface area (Å²) in [5, 5.41) is 17.9. The monoisotopic (exact) mass is 290 g/mol. The second kappa shape index (κ2) is 6.03. The first-order chi connectivity index (χ1) is 9.99. The van der Waals surface area contributed by atoms with E-state index in [-0.39, 0.29) is 0 Å². The molecule has 0 atom stereocenters. The molecule has 0 aliphatic carbocycles. The Morgan fingerprint density at radius 3 is 1.38 bits per heavy atom. The lowest BCUT2D eigenvalue weighted by atomic mass is 10.1. The standard InChI is InChI=1S/C16H18O5/c1-9-5-7-13(11(3)15(9)20-17)19-14-8-6-10(2)16(21-18)12(14)4/h5-8,17-18H,1-4H3. The van der Waals surface area contributed by atoms with E-state index in [2.05, 4.69) is 9.78 Å². The Morgan fingerprint density at radius 2 is 1.05 bits per heavy atom. The van der Waals surface area contributed by atoms with Crippen LogP contribution >= 0.6 is 0 Å². The molecule has 112 valence electrons. The molecule has 0 fully saturated rings. The van der Waals surface area contributed by atoms with E-state index in [1.807, 2.05) is 13.8 Å². The second-order valence-corrected chi connectivity index (χ2v) is 4.95. The van der Waals surface area contributed by atoms with Gasteiger partial charge >= 0.3 is 0 Å². The number of hydrogen-bond acceptors (Lipinski definition) is 5. The summed E-state index contributed by atoms with van der Waals surface area (Å²) in [6, 6.07) is 7.18. The summed E-state index contributed by atoms with van der Waals surface area (Å²) in [5.74, 6) is 1.85. The Morgan fingerprint density at radius 1 is 0.667 bits per heavy atom. The van der Waals surface area contributed by atoms with Gasteiger partial charge in [0.25, 0.3) is 0 Å². The van der Waals surface area contributed by atoms with Gasteiger partial charge in [0.15, 0.2) is 11.5 Å². The van der Waals surface area contributed by atoms with Gasteiger partial charge in [0.05, 0.1) is 0 Å². The van der Waals surface area contributed by atoms with Crippen molar-refractivity contribution in [2.45, 2.75) is 27.7 Å². The zero-order valence-electron chi connectivity index (χ0n) is 12.4. The highest BCUT2D eigenvalue weighted by molar-refractivity contribution is 5.53. The fourth-order valence-corrected chi connectivity index (χ4v) is 2.24. The van der Waals surface area contributed by atoms with Crippen LogP contribution in [0.1, 0.15) is 22.3 Å². The Balaban J connectivity index is 2.44. The largest absolute Gasteiger partial charge is 0.457 e. The van der Waals surface area contributed by atoms with Crippen molar-refractivity contribution in [1.82, 2.24) is 0 Å². The minimum Gasteiger partial charge on any atom is -0.457 e. The summed E-state index contributed by atoms with van der Waals surface area (Å²) in [6.45, 7) is 7.25. The van der Waals surface area contributed by atoms with Crippen molar-refractivity contribution in [3.8, 4) is 23.0 Å². The van der Waals surface area contributed by atoms with Gasteiger partial charge in [-0.25, -0.2) is 10.5 Å². The van der Waals surface area contributed by atoms with Gasteiger partial charge < -0.3 is 14.5 Å². The number of hydrogen-bond donors (Lipinski definition) is 2.